The smallest absolute Gasteiger partial charge is 0.0192 e. The molecule has 0 bridgehead atoms. The Kier molecular flexibility index (Phi) is 4.60. The fourth-order valence-corrected chi connectivity index (χ4v) is 2.19. The summed E-state index contributed by atoms with van der Waals surface area (Å²) in [6.45, 7) is 13.2. The van der Waals surface area contributed by atoms with Gasteiger partial charge in [-0.05, 0) is 37.8 Å². The van der Waals surface area contributed by atoms with Gasteiger partial charge in [-0.1, -0.05) is 27.7 Å². The third-order valence-electron chi connectivity index (χ3n) is 4.11. The quantitative estimate of drug-likeness (QED) is 0.769. The Labute approximate surface area is 95.4 Å². The van der Waals surface area contributed by atoms with Gasteiger partial charge in [0.1, 0.15) is 0 Å². The summed E-state index contributed by atoms with van der Waals surface area (Å²) in [6, 6.07) is 0.710. The summed E-state index contributed by atoms with van der Waals surface area (Å²) < 4.78 is 0. The predicted octanol–water partition coefficient (Wildman–Crippen LogP) is 2.35. The molecule has 15 heavy (non-hydrogen) atoms. The lowest BCUT2D eigenvalue weighted by Gasteiger charge is -2.39. The van der Waals surface area contributed by atoms with E-state index in [-0.39, 0.29) is 0 Å². The fourth-order valence-electron chi connectivity index (χ4n) is 2.19. The molecule has 0 aliphatic carbocycles. The van der Waals surface area contributed by atoms with Gasteiger partial charge in [0.2, 0.25) is 0 Å². The molecule has 0 aromatic rings. The molecule has 1 unspecified atom stereocenters. The average molecular weight is 212 g/mol. The Balaban J connectivity index is 2.44. The lowest BCUT2D eigenvalue weighted by Crippen LogP contribution is -2.48. The van der Waals surface area contributed by atoms with Gasteiger partial charge in [-0.25, -0.2) is 0 Å². The number of likely N-dealkylation sites (N-methyl/N-ethyl adjacent to an activating group) is 1. The molecule has 1 aliphatic heterocycles. The van der Waals surface area contributed by atoms with Crippen LogP contribution in [0.2, 0.25) is 0 Å². The summed E-state index contributed by atoms with van der Waals surface area (Å²) in [6.07, 6.45) is 2.69. The van der Waals surface area contributed by atoms with E-state index < -0.39 is 0 Å². The van der Waals surface area contributed by atoms with Gasteiger partial charge in [0.25, 0.3) is 0 Å². The molecule has 0 amide bonds. The van der Waals surface area contributed by atoms with Gasteiger partial charge in [-0.2, -0.15) is 0 Å². The van der Waals surface area contributed by atoms with Crippen LogP contribution in [0.15, 0.2) is 0 Å². The van der Waals surface area contributed by atoms with Gasteiger partial charge < -0.3 is 10.2 Å². The van der Waals surface area contributed by atoms with Crippen molar-refractivity contribution in [3.63, 3.8) is 0 Å². The molecule has 1 aliphatic rings. The van der Waals surface area contributed by atoms with Gasteiger partial charge in [-0.15, -0.1) is 0 Å². The van der Waals surface area contributed by atoms with Gasteiger partial charge in [0.05, 0.1) is 0 Å². The van der Waals surface area contributed by atoms with Crippen LogP contribution in [0, 0.1) is 11.3 Å². The summed E-state index contributed by atoms with van der Waals surface area (Å²) >= 11 is 0. The molecule has 2 heteroatoms. The lowest BCUT2D eigenvalue weighted by atomic mass is 9.80. The molecular weight excluding hydrogens is 184 g/mol. The molecule has 0 saturated carbocycles. The first kappa shape index (κ1) is 13.0. The highest BCUT2D eigenvalue weighted by molar-refractivity contribution is 4.82. The number of likely N-dealkylation sites (tertiary alicyclic amines) is 1. The largest absolute Gasteiger partial charge is 0.316 e. The zero-order valence-corrected chi connectivity index (χ0v) is 11.1. The van der Waals surface area contributed by atoms with Gasteiger partial charge in [0, 0.05) is 19.1 Å². The monoisotopic (exact) mass is 212 g/mol. The molecule has 0 aromatic heterocycles. The van der Waals surface area contributed by atoms with Gasteiger partial charge >= 0.3 is 0 Å². The normalized spacial score (nSPS) is 24.8. The van der Waals surface area contributed by atoms with E-state index in [0.717, 1.165) is 5.92 Å². The second-order valence-electron chi connectivity index (χ2n) is 6.01. The minimum atomic E-state index is 0.440. The Bertz CT molecular complexity index is 187. The van der Waals surface area contributed by atoms with E-state index in [0.29, 0.717) is 11.5 Å². The zero-order chi connectivity index (χ0) is 11.5. The Morgan fingerprint density at radius 1 is 1.40 bits per heavy atom. The van der Waals surface area contributed by atoms with E-state index in [9.17, 15) is 0 Å². The SMILES string of the molecule is CNC1CCCN(CC(C)(C)C(C)C)C1. The van der Waals surface area contributed by atoms with E-state index in [2.05, 4.69) is 45.0 Å². The van der Waals surface area contributed by atoms with Crippen molar-refractivity contribution in [3.05, 3.63) is 0 Å². The van der Waals surface area contributed by atoms with Crippen molar-refractivity contribution >= 4 is 0 Å². The summed E-state index contributed by atoms with van der Waals surface area (Å²) in [5, 5.41) is 3.41. The highest BCUT2D eigenvalue weighted by Gasteiger charge is 2.27. The molecule has 1 saturated heterocycles. The van der Waals surface area contributed by atoms with E-state index in [1.165, 1.54) is 32.5 Å². The molecule has 2 nitrogen and oxygen atoms in total. The van der Waals surface area contributed by atoms with Crippen LogP contribution >= 0.6 is 0 Å². The highest BCUT2D eigenvalue weighted by atomic mass is 15.2. The Morgan fingerprint density at radius 2 is 2.07 bits per heavy atom. The van der Waals surface area contributed by atoms with Crippen LogP contribution in [0.3, 0.4) is 0 Å². The van der Waals surface area contributed by atoms with E-state index in [4.69, 9.17) is 0 Å². The first-order chi connectivity index (χ1) is 6.95. The first-order valence-corrected chi connectivity index (χ1v) is 6.35. The Morgan fingerprint density at radius 3 is 2.60 bits per heavy atom. The molecule has 0 spiro atoms. The molecule has 1 atom stereocenters. The van der Waals surface area contributed by atoms with Gasteiger partial charge in [0.15, 0.2) is 0 Å². The van der Waals surface area contributed by atoms with Crippen LogP contribution < -0.4 is 5.32 Å². The minimum absolute atomic E-state index is 0.440. The summed E-state index contributed by atoms with van der Waals surface area (Å²) in [5.41, 5.74) is 0.440. The number of nitrogens with one attached hydrogen (secondary N) is 1. The molecule has 0 aromatic carbocycles. The van der Waals surface area contributed by atoms with Crippen molar-refractivity contribution in [1.82, 2.24) is 10.2 Å². The van der Waals surface area contributed by atoms with Crippen LogP contribution in [0.4, 0.5) is 0 Å². The second kappa shape index (κ2) is 5.31. The highest BCUT2D eigenvalue weighted by Crippen LogP contribution is 2.28. The van der Waals surface area contributed by atoms with Crippen molar-refractivity contribution in [2.45, 2.75) is 46.6 Å². The fraction of sp³-hybridized carbons (Fsp3) is 1.00. The van der Waals surface area contributed by atoms with Crippen LogP contribution in [0.1, 0.15) is 40.5 Å². The maximum absolute atomic E-state index is 3.41. The molecule has 1 fully saturated rings. The van der Waals surface area contributed by atoms with Crippen molar-refractivity contribution in [1.29, 1.82) is 0 Å². The summed E-state index contributed by atoms with van der Waals surface area (Å²) in [7, 11) is 2.09. The standard InChI is InChI=1S/C13H28N2/c1-11(2)13(3,4)10-15-8-6-7-12(9-15)14-5/h11-12,14H,6-10H2,1-5H3. The summed E-state index contributed by atoms with van der Waals surface area (Å²) in [5.74, 6) is 0.757. The average Bonchev–Trinajstić information content (AvgIpc) is 2.17. The molecule has 1 rings (SSSR count). The van der Waals surface area contributed by atoms with Crippen LogP contribution in [0.25, 0.3) is 0 Å². The van der Waals surface area contributed by atoms with E-state index >= 15 is 0 Å². The third kappa shape index (κ3) is 3.76. The Hall–Kier alpha value is -0.0800. The van der Waals surface area contributed by atoms with Crippen molar-refractivity contribution < 1.29 is 0 Å². The summed E-state index contributed by atoms with van der Waals surface area (Å²) in [4.78, 5) is 2.63. The number of nitrogens with zero attached hydrogens (tertiary/aromatic N) is 1. The van der Waals surface area contributed by atoms with E-state index in [1.54, 1.807) is 0 Å². The number of piperidine rings is 1. The van der Waals surface area contributed by atoms with Crippen LogP contribution in [0.5, 0.6) is 0 Å². The van der Waals surface area contributed by atoms with E-state index in [1.807, 2.05) is 0 Å². The second-order valence-corrected chi connectivity index (χ2v) is 6.01. The molecule has 0 radical (unpaired) electrons. The maximum atomic E-state index is 3.41. The number of hydrogen-bond donors (Lipinski definition) is 1. The van der Waals surface area contributed by atoms with Gasteiger partial charge in [-0.3, -0.25) is 0 Å². The van der Waals surface area contributed by atoms with Crippen molar-refractivity contribution in [3.8, 4) is 0 Å². The maximum Gasteiger partial charge on any atom is 0.0192 e. The molecule has 1 N–H and O–H groups in total. The minimum Gasteiger partial charge on any atom is -0.316 e. The molecule has 90 valence electrons. The number of rotatable bonds is 4. The third-order valence-corrected chi connectivity index (χ3v) is 4.11. The predicted molar refractivity (Wildman–Crippen MR) is 67.1 cm³/mol. The van der Waals surface area contributed by atoms with Crippen LogP contribution in [-0.2, 0) is 0 Å². The van der Waals surface area contributed by atoms with Crippen molar-refractivity contribution in [2.75, 3.05) is 26.7 Å². The zero-order valence-electron chi connectivity index (χ0n) is 11.1. The topological polar surface area (TPSA) is 15.3 Å². The van der Waals surface area contributed by atoms with Crippen molar-refractivity contribution in [2.24, 2.45) is 11.3 Å². The number of hydrogen-bond acceptors (Lipinski definition) is 2. The molecular formula is C13H28N2. The first-order valence-electron chi connectivity index (χ1n) is 6.35. The molecule has 1 heterocycles. The lowest BCUT2D eigenvalue weighted by molar-refractivity contribution is 0.104. The van der Waals surface area contributed by atoms with Crippen LogP contribution in [-0.4, -0.2) is 37.6 Å².